The zero-order valence-electron chi connectivity index (χ0n) is 24.0. The lowest BCUT2D eigenvalue weighted by molar-refractivity contribution is -0.178. The van der Waals surface area contributed by atoms with Crippen molar-refractivity contribution in [3.8, 4) is 0 Å². The quantitative estimate of drug-likeness (QED) is 0.489. The zero-order valence-corrected chi connectivity index (χ0v) is 24.0. The monoisotopic (exact) mass is 506 g/mol. The molecule has 202 valence electrons. The Bertz CT molecular complexity index is 1180. The lowest BCUT2D eigenvalue weighted by Gasteiger charge is -2.68. The minimum Gasteiger partial charge on any atom is -0.361 e. The molecular weight excluding hydrogens is 460 g/mol. The summed E-state index contributed by atoms with van der Waals surface area (Å²) in [5.74, 6) is 2.30. The molecule has 3 fully saturated rings. The summed E-state index contributed by atoms with van der Waals surface area (Å²) in [6.07, 6.45) is 11.9. The second-order valence-electron chi connectivity index (χ2n) is 14.9. The van der Waals surface area contributed by atoms with Gasteiger partial charge in [-0.15, -0.1) is 0 Å². The number of hydrogen-bond acceptors (Lipinski definition) is 4. The van der Waals surface area contributed by atoms with Gasteiger partial charge in [0, 0.05) is 23.9 Å². The van der Waals surface area contributed by atoms with Crippen LogP contribution in [0, 0.1) is 44.8 Å². The molecule has 0 spiro atoms. The minimum absolute atomic E-state index is 0.0554. The number of amides is 1. The highest BCUT2D eigenvalue weighted by molar-refractivity contribution is 5.96. The number of nitrogens with one attached hydrogen (secondary N) is 1. The van der Waals surface area contributed by atoms with Crippen LogP contribution in [0.25, 0.3) is 0 Å². The Morgan fingerprint density at radius 2 is 1.81 bits per heavy atom. The molecule has 5 nitrogen and oxygen atoms in total. The van der Waals surface area contributed by atoms with E-state index in [0.29, 0.717) is 18.4 Å². The van der Waals surface area contributed by atoms with Crippen LogP contribution < -0.4 is 5.32 Å². The van der Waals surface area contributed by atoms with E-state index in [9.17, 15) is 9.59 Å². The van der Waals surface area contributed by atoms with Crippen molar-refractivity contribution in [3.05, 3.63) is 29.2 Å². The van der Waals surface area contributed by atoms with E-state index in [1.807, 2.05) is 13.1 Å². The molecule has 0 saturated heterocycles. The van der Waals surface area contributed by atoms with Crippen LogP contribution in [0.3, 0.4) is 0 Å². The van der Waals surface area contributed by atoms with Gasteiger partial charge in [-0.3, -0.25) is 9.59 Å². The van der Waals surface area contributed by atoms with Crippen LogP contribution in [0.4, 0.5) is 0 Å². The number of hydrogen-bond donors (Lipinski definition) is 1. The molecule has 5 aliphatic rings. The molecule has 8 atom stereocenters. The third-order valence-electron chi connectivity index (χ3n) is 12.8. The summed E-state index contributed by atoms with van der Waals surface area (Å²) in [6.45, 7) is 16.9. The highest BCUT2D eigenvalue weighted by Crippen LogP contribution is 2.74. The summed E-state index contributed by atoms with van der Waals surface area (Å²) in [5.41, 5.74) is 2.05. The van der Waals surface area contributed by atoms with Crippen LogP contribution in [-0.4, -0.2) is 23.4 Å². The molecule has 0 aliphatic heterocycles. The van der Waals surface area contributed by atoms with Crippen molar-refractivity contribution in [1.82, 2.24) is 10.5 Å². The molecule has 5 aliphatic carbocycles. The first kappa shape index (κ1) is 25.4. The third kappa shape index (κ3) is 3.12. The highest BCUT2D eigenvalue weighted by Gasteiger charge is 2.70. The SMILES string of the molecule is CCNC(=O)[C@]12CCC(C)(C)CC1C1C(=O)C=C3[C@@]4(C)Cc5cnoc5[C@@H](C)[C@@H]4CC[C@@]3(C)[C@]1(C)CC2. The van der Waals surface area contributed by atoms with E-state index in [0.717, 1.165) is 57.1 Å². The predicted octanol–water partition coefficient (Wildman–Crippen LogP) is 6.63. The number of aromatic nitrogens is 1. The van der Waals surface area contributed by atoms with Gasteiger partial charge in [-0.2, -0.15) is 0 Å². The van der Waals surface area contributed by atoms with E-state index < -0.39 is 5.41 Å². The molecule has 2 unspecified atom stereocenters. The zero-order chi connectivity index (χ0) is 26.6. The molecule has 0 aromatic carbocycles. The Morgan fingerprint density at radius 3 is 2.54 bits per heavy atom. The number of carbonyl (C=O) groups is 2. The number of allylic oxidation sites excluding steroid dienone is 2. The molecule has 1 aromatic heterocycles. The van der Waals surface area contributed by atoms with E-state index in [1.165, 1.54) is 11.1 Å². The molecule has 1 aromatic rings. The Kier molecular flexibility index (Phi) is 5.36. The molecule has 37 heavy (non-hydrogen) atoms. The summed E-state index contributed by atoms with van der Waals surface area (Å²) < 4.78 is 5.71. The maximum Gasteiger partial charge on any atom is 0.226 e. The van der Waals surface area contributed by atoms with E-state index in [1.54, 1.807) is 0 Å². The van der Waals surface area contributed by atoms with Crippen molar-refractivity contribution in [2.24, 2.45) is 44.8 Å². The highest BCUT2D eigenvalue weighted by atomic mass is 16.5. The van der Waals surface area contributed by atoms with E-state index in [-0.39, 0.29) is 45.2 Å². The largest absolute Gasteiger partial charge is 0.361 e. The average Bonchev–Trinajstić information content (AvgIpc) is 3.28. The molecule has 1 heterocycles. The maximum atomic E-state index is 14.5. The van der Waals surface area contributed by atoms with Crippen molar-refractivity contribution in [2.75, 3.05) is 6.54 Å². The van der Waals surface area contributed by atoms with Gasteiger partial charge in [0.25, 0.3) is 0 Å². The normalized spacial score (nSPS) is 45.9. The lowest BCUT2D eigenvalue weighted by Crippen LogP contribution is -2.66. The number of rotatable bonds is 2. The number of carbonyl (C=O) groups excluding carboxylic acids is 2. The summed E-state index contributed by atoms with van der Waals surface area (Å²) >= 11 is 0. The number of fused-ring (bicyclic) bond motifs is 8. The predicted molar refractivity (Wildman–Crippen MR) is 144 cm³/mol. The molecule has 1 N–H and O–H groups in total. The van der Waals surface area contributed by atoms with Gasteiger partial charge in [0.1, 0.15) is 5.76 Å². The van der Waals surface area contributed by atoms with Gasteiger partial charge in [-0.05, 0) is 97.9 Å². The molecule has 0 bridgehead atoms. The number of nitrogens with zero attached hydrogens (tertiary/aromatic N) is 1. The Balaban J connectivity index is 1.48. The Morgan fingerprint density at radius 1 is 1.08 bits per heavy atom. The van der Waals surface area contributed by atoms with Crippen LogP contribution in [0.15, 0.2) is 22.4 Å². The van der Waals surface area contributed by atoms with Crippen molar-refractivity contribution in [2.45, 2.75) is 106 Å². The van der Waals surface area contributed by atoms with Crippen molar-refractivity contribution in [3.63, 3.8) is 0 Å². The third-order valence-corrected chi connectivity index (χ3v) is 12.8. The summed E-state index contributed by atoms with van der Waals surface area (Å²) in [4.78, 5) is 28.2. The van der Waals surface area contributed by atoms with Gasteiger partial charge >= 0.3 is 0 Å². The van der Waals surface area contributed by atoms with Crippen LogP contribution in [0.1, 0.15) is 111 Å². The first-order valence-corrected chi connectivity index (χ1v) is 14.8. The Hall–Kier alpha value is -1.91. The molecule has 1 amide bonds. The van der Waals surface area contributed by atoms with E-state index in [4.69, 9.17) is 4.52 Å². The molecule has 6 rings (SSSR count). The van der Waals surface area contributed by atoms with Gasteiger partial charge in [-0.1, -0.05) is 52.3 Å². The van der Waals surface area contributed by atoms with Crippen LogP contribution in [0.5, 0.6) is 0 Å². The maximum absolute atomic E-state index is 14.5. The second-order valence-corrected chi connectivity index (χ2v) is 14.9. The smallest absolute Gasteiger partial charge is 0.226 e. The van der Waals surface area contributed by atoms with Crippen LogP contribution >= 0.6 is 0 Å². The Labute approximate surface area is 222 Å². The average molecular weight is 507 g/mol. The summed E-state index contributed by atoms with van der Waals surface area (Å²) in [6, 6.07) is 0. The van der Waals surface area contributed by atoms with Gasteiger partial charge in [0.2, 0.25) is 5.91 Å². The first-order valence-electron chi connectivity index (χ1n) is 14.8. The lowest BCUT2D eigenvalue weighted by atomic mass is 9.34. The fourth-order valence-corrected chi connectivity index (χ4v) is 10.6. The molecular formula is C32H46N2O3. The summed E-state index contributed by atoms with van der Waals surface area (Å²) in [5, 5.41) is 7.35. The fourth-order valence-electron chi connectivity index (χ4n) is 10.6. The summed E-state index contributed by atoms with van der Waals surface area (Å²) in [7, 11) is 0. The van der Waals surface area contributed by atoms with Crippen LogP contribution in [-0.2, 0) is 16.0 Å². The standard InChI is InChI=1S/C32H46N2O3/c1-8-33-27(36)32-13-11-28(3,4)17-22(32)25-23(35)15-24-29(5)16-20-18-34-37-26(20)19(2)21(29)9-10-30(24,6)31(25,7)12-14-32/h15,18-19,21-22,25H,8-14,16-17H2,1-7H3,(H,33,36)/t19-,21-,22?,25?,29-,30+,31+,32-/m0/s1. The van der Waals surface area contributed by atoms with Gasteiger partial charge in [-0.25, -0.2) is 0 Å². The first-order chi connectivity index (χ1) is 17.3. The topological polar surface area (TPSA) is 72.2 Å². The van der Waals surface area contributed by atoms with E-state index >= 15 is 0 Å². The van der Waals surface area contributed by atoms with Crippen molar-refractivity contribution < 1.29 is 14.1 Å². The van der Waals surface area contributed by atoms with Crippen LogP contribution in [0.2, 0.25) is 0 Å². The van der Waals surface area contributed by atoms with Gasteiger partial charge in [0.15, 0.2) is 5.78 Å². The van der Waals surface area contributed by atoms with E-state index in [2.05, 4.69) is 58.1 Å². The van der Waals surface area contributed by atoms with Crippen molar-refractivity contribution in [1.29, 1.82) is 0 Å². The van der Waals surface area contributed by atoms with Crippen molar-refractivity contribution >= 4 is 11.7 Å². The van der Waals surface area contributed by atoms with Gasteiger partial charge < -0.3 is 9.84 Å². The second kappa shape index (κ2) is 7.82. The minimum atomic E-state index is -0.412. The molecule has 0 radical (unpaired) electrons. The molecule has 3 saturated carbocycles. The molecule has 5 heteroatoms. The number of ketones is 1. The fraction of sp³-hybridized carbons (Fsp3) is 0.781. The van der Waals surface area contributed by atoms with Gasteiger partial charge in [0.05, 0.1) is 11.6 Å².